The second-order valence-corrected chi connectivity index (χ2v) is 7.61. The number of halogens is 1. The van der Waals surface area contributed by atoms with E-state index in [0.717, 1.165) is 16.7 Å². The maximum atomic E-state index is 12.0. The average Bonchev–Trinajstić information content (AvgIpc) is 3.19. The molecule has 0 fully saturated rings. The number of aromatic nitrogens is 4. The van der Waals surface area contributed by atoms with Gasteiger partial charge in [0.15, 0.2) is 18.1 Å². The molecule has 1 N–H and O–H groups in total. The van der Waals surface area contributed by atoms with Gasteiger partial charge in [-0.3, -0.25) is 4.79 Å². The number of nitrogens with one attached hydrogen (secondary N) is 1. The molecule has 0 bridgehead atoms. The summed E-state index contributed by atoms with van der Waals surface area (Å²) in [5.41, 5.74) is 3.44. The van der Waals surface area contributed by atoms with Gasteiger partial charge in [0.05, 0.1) is 11.6 Å². The van der Waals surface area contributed by atoms with Crippen molar-refractivity contribution in [1.82, 2.24) is 25.1 Å². The van der Waals surface area contributed by atoms with Gasteiger partial charge in [0.2, 0.25) is 5.88 Å². The Hall–Kier alpha value is -3.65. The molecule has 2 heterocycles. The molecule has 2 aromatic carbocycles. The van der Waals surface area contributed by atoms with Crippen LogP contribution in [0, 0.1) is 13.8 Å². The molecule has 0 radical (unpaired) electrons. The van der Waals surface area contributed by atoms with Crippen molar-refractivity contribution >= 4 is 23.2 Å². The molecule has 4 aromatic rings. The molecule has 0 aliphatic carbocycles. The Morgan fingerprint density at radius 2 is 1.91 bits per heavy atom. The minimum atomic E-state index is -0.225. The molecule has 4 rings (SSSR count). The van der Waals surface area contributed by atoms with Crippen molar-refractivity contribution in [1.29, 1.82) is 0 Å². The molecule has 1 amide bonds. The predicted molar refractivity (Wildman–Crippen MR) is 121 cm³/mol. The Kier molecular flexibility index (Phi) is 6.51. The molecular weight excluding hydrogens is 430 g/mol. The quantitative estimate of drug-likeness (QED) is 0.411. The van der Waals surface area contributed by atoms with Crippen LogP contribution in [0.2, 0.25) is 5.02 Å². The van der Waals surface area contributed by atoms with E-state index in [2.05, 4.69) is 20.6 Å². The summed E-state index contributed by atoms with van der Waals surface area (Å²) >= 11 is 6.28. The van der Waals surface area contributed by atoms with E-state index in [0.29, 0.717) is 34.7 Å². The maximum Gasteiger partial charge on any atom is 0.258 e. The van der Waals surface area contributed by atoms with Crippen LogP contribution in [0.3, 0.4) is 0 Å². The van der Waals surface area contributed by atoms with Gasteiger partial charge >= 0.3 is 0 Å². The van der Waals surface area contributed by atoms with Crippen LogP contribution in [0.1, 0.15) is 11.1 Å². The Labute approximate surface area is 190 Å². The van der Waals surface area contributed by atoms with Crippen LogP contribution in [0.4, 0.5) is 0 Å². The third-order valence-electron chi connectivity index (χ3n) is 4.72. The summed E-state index contributed by atoms with van der Waals surface area (Å²) in [6.45, 7) is 4.46. The van der Waals surface area contributed by atoms with Crippen molar-refractivity contribution in [2.24, 2.45) is 0 Å². The number of amides is 1. The van der Waals surface area contributed by atoms with E-state index in [9.17, 15) is 4.79 Å². The molecule has 0 unspecified atom stereocenters. The Morgan fingerprint density at radius 1 is 1.06 bits per heavy atom. The number of benzene rings is 2. The van der Waals surface area contributed by atoms with E-state index < -0.39 is 0 Å². The zero-order valence-corrected chi connectivity index (χ0v) is 18.5. The first-order valence-electron chi connectivity index (χ1n) is 10.1. The highest BCUT2D eigenvalue weighted by Gasteiger charge is 2.13. The summed E-state index contributed by atoms with van der Waals surface area (Å²) in [4.78, 5) is 12.0. The van der Waals surface area contributed by atoms with E-state index in [4.69, 9.17) is 21.1 Å². The number of fused-ring (bicyclic) bond motifs is 1. The molecule has 0 aliphatic heterocycles. The molecule has 32 heavy (non-hydrogen) atoms. The highest BCUT2D eigenvalue weighted by atomic mass is 35.5. The van der Waals surface area contributed by atoms with Crippen molar-refractivity contribution in [3.8, 4) is 23.0 Å². The fraction of sp³-hybridized carbons (Fsp3) is 0.217. The van der Waals surface area contributed by atoms with Crippen molar-refractivity contribution in [3.05, 3.63) is 70.7 Å². The number of hydrogen-bond acceptors (Lipinski definition) is 6. The topological polar surface area (TPSA) is 90.6 Å². The van der Waals surface area contributed by atoms with Gasteiger partial charge in [-0.2, -0.15) is 4.52 Å². The Balaban J connectivity index is 1.30. The number of nitrogens with zero attached hydrogens (tertiary/aromatic N) is 4. The summed E-state index contributed by atoms with van der Waals surface area (Å²) in [5, 5.41) is 16.1. The third kappa shape index (κ3) is 4.97. The zero-order chi connectivity index (χ0) is 22.5. The molecule has 164 valence electrons. The van der Waals surface area contributed by atoms with Gasteiger partial charge in [-0.05, 0) is 43.7 Å². The summed E-state index contributed by atoms with van der Waals surface area (Å²) in [6.07, 6.45) is 0. The second kappa shape index (κ2) is 9.65. The fourth-order valence-corrected chi connectivity index (χ4v) is 3.38. The number of hydrogen-bond donors (Lipinski definition) is 1. The van der Waals surface area contributed by atoms with Gasteiger partial charge in [0, 0.05) is 11.6 Å². The van der Waals surface area contributed by atoms with Crippen molar-refractivity contribution in [3.63, 3.8) is 0 Å². The van der Waals surface area contributed by atoms with Gasteiger partial charge < -0.3 is 14.8 Å². The van der Waals surface area contributed by atoms with Crippen molar-refractivity contribution in [2.45, 2.75) is 13.8 Å². The average molecular weight is 452 g/mol. The number of ether oxygens (including phenoxy) is 2. The maximum absolute atomic E-state index is 12.0. The van der Waals surface area contributed by atoms with Gasteiger partial charge in [0.1, 0.15) is 12.4 Å². The zero-order valence-electron chi connectivity index (χ0n) is 17.7. The van der Waals surface area contributed by atoms with Crippen LogP contribution >= 0.6 is 11.6 Å². The molecule has 0 spiro atoms. The van der Waals surface area contributed by atoms with Crippen molar-refractivity contribution < 1.29 is 14.3 Å². The van der Waals surface area contributed by atoms with Gasteiger partial charge in [-0.15, -0.1) is 15.3 Å². The first kappa shape index (κ1) is 21.6. The van der Waals surface area contributed by atoms with E-state index in [1.165, 1.54) is 0 Å². The lowest BCUT2D eigenvalue weighted by Gasteiger charge is -2.10. The molecule has 0 saturated heterocycles. The number of carbonyl (C=O) groups excluding carboxylic acids is 1. The normalized spacial score (nSPS) is 10.8. The van der Waals surface area contributed by atoms with Crippen LogP contribution in [0.25, 0.3) is 17.0 Å². The molecule has 0 aliphatic rings. The Bertz CT molecular complexity index is 1260. The second-order valence-electron chi connectivity index (χ2n) is 7.20. The molecule has 8 nitrogen and oxygen atoms in total. The fourth-order valence-electron chi connectivity index (χ4n) is 3.16. The number of rotatable bonds is 8. The lowest BCUT2D eigenvalue weighted by Crippen LogP contribution is -2.32. The first-order chi connectivity index (χ1) is 15.5. The SMILES string of the molecule is Cc1ccc(OCC(=O)NCCOc2ccc3nnc(-c4ccccc4Cl)n3n2)c(C)c1. The Morgan fingerprint density at radius 3 is 2.72 bits per heavy atom. The van der Waals surface area contributed by atoms with Crippen LogP contribution in [-0.4, -0.2) is 45.5 Å². The van der Waals surface area contributed by atoms with Crippen LogP contribution < -0.4 is 14.8 Å². The summed E-state index contributed by atoms with van der Waals surface area (Å²) in [7, 11) is 0. The van der Waals surface area contributed by atoms with Crippen LogP contribution in [0.15, 0.2) is 54.6 Å². The highest BCUT2D eigenvalue weighted by molar-refractivity contribution is 6.33. The number of aryl methyl sites for hydroxylation is 2. The van der Waals surface area contributed by atoms with Crippen LogP contribution in [-0.2, 0) is 4.79 Å². The minimum absolute atomic E-state index is 0.0595. The lowest BCUT2D eigenvalue weighted by atomic mass is 10.1. The number of carbonyl (C=O) groups is 1. The molecule has 9 heteroatoms. The largest absolute Gasteiger partial charge is 0.484 e. The summed E-state index contributed by atoms with van der Waals surface area (Å²) < 4.78 is 12.8. The van der Waals surface area contributed by atoms with Gasteiger partial charge in [-0.25, -0.2) is 0 Å². The van der Waals surface area contributed by atoms with Gasteiger partial charge in [-0.1, -0.05) is 41.4 Å². The first-order valence-corrected chi connectivity index (χ1v) is 10.5. The highest BCUT2D eigenvalue weighted by Crippen LogP contribution is 2.26. The van der Waals surface area contributed by atoms with E-state index in [-0.39, 0.29) is 19.1 Å². The third-order valence-corrected chi connectivity index (χ3v) is 5.05. The van der Waals surface area contributed by atoms with Crippen LogP contribution in [0.5, 0.6) is 11.6 Å². The molecular formula is C23H22ClN5O3. The van der Waals surface area contributed by atoms with E-state index >= 15 is 0 Å². The van der Waals surface area contributed by atoms with Gasteiger partial charge in [0.25, 0.3) is 5.91 Å². The standard InChI is InChI=1S/C23H22ClN5O3/c1-15-7-8-19(16(2)13-15)32-14-21(30)25-11-12-31-22-10-9-20-26-27-23(29(20)28-22)17-5-3-4-6-18(17)24/h3-10,13H,11-12,14H2,1-2H3,(H,25,30). The minimum Gasteiger partial charge on any atom is -0.484 e. The monoisotopic (exact) mass is 451 g/mol. The summed E-state index contributed by atoms with van der Waals surface area (Å²) in [6, 6.07) is 16.6. The molecule has 0 atom stereocenters. The van der Waals surface area contributed by atoms with Crippen molar-refractivity contribution in [2.75, 3.05) is 19.8 Å². The predicted octanol–water partition coefficient (Wildman–Crippen LogP) is 3.64. The molecule has 2 aromatic heterocycles. The molecule has 0 saturated carbocycles. The van der Waals surface area contributed by atoms with E-state index in [1.807, 2.05) is 50.2 Å². The summed E-state index contributed by atoms with van der Waals surface area (Å²) in [5.74, 6) is 1.37. The smallest absolute Gasteiger partial charge is 0.258 e. The lowest BCUT2D eigenvalue weighted by molar-refractivity contribution is -0.123. The van der Waals surface area contributed by atoms with E-state index in [1.54, 1.807) is 22.7 Å².